The topological polar surface area (TPSA) is 21.1 Å². The molecule has 1 aliphatic rings. The van der Waals surface area contributed by atoms with Crippen LogP contribution in [-0.4, -0.2) is 27.8 Å². The monoisotopic (exact) mass is 277 g/mol. The predicted octanol–water partition coefficient (Wildman–Crippen LogP) is 1.23. The summed E-state index contributed by atoms with van der Waals surface area (Å²) in [7, 11) is 2.01. The molecule has 3 nitrogen and oxygen atoms in total. The van der Waals surface area contributed by atoms with Crippen LogP contribution in [0.3, 0.4) is 0 Å². The van der Waals surface area contributed by atoms with Gasteiger partial charge < -0.3 is 0 Å². The summed E-state index contributed by atoms with van der Waals surface area (Å²) < 4.78 is 3.25. The molecule has 0 unspecified atom stereocenters. The molecule has 1 aromatic heterocycles. The number of nitrogens with zero attached hydrogens (tertiary/aromatic N) is 3. The lowest BCUT2D eigenvalue weighted by Gasteiger charge is -2.30. The molecule has 1 fully saturated rings. The van der Waals surface area contributed by atoms with Crippen molar-refractivity contribution >= 4 is 22.6 Å². The Morgan fingerprint density at radius 1 is 1.58 bits per heavy atom. The Hall–Kier alpha value is -0.100. The van der Waals surface area contributed by atoms with E-state index in [0.29, 0.717) is 0 Å². The van der Waals surface area contributed by atoms with Gasteiger partial charge in [-0.3, -0.25) is 9.58 Å². The molecule has 1 aliphatic heterocycles. The van der Waals surface area contributed by atoms with Gasteiger partial charge in [0, 0.05) is 13.6 Å². The fourth-order valence-electron chi connectivity index (χ4n) is 1.37. The SMILES string of the molecule is Cn1ncc(I)c1CN1CCC1. The molecule has 0 N–H and O–H groups in total. The second kappa shape index (κ2) is 3.33. The van der Waals surface area contributed by atoms with E-state index in [1.54, 1.807) is 0 Å². The molecule has 0 saturated carbocycles. The molecule has 0 amide bonds. The van der Waals surface area contributed by atoms with E-state index < -0.39 is 0 Å². The number of halogens is 1. The number of hydrogen-bond acceptors (Lipinski definition) is 2. The van der Waals surface area contributed by atoms with Crippen LogP contribution >= 0.6 is 22.6 Å². The van der Waals surface area contributed by atoms with E-state index in [4.69, 9.17) is 0 Å². The molecular formula is C8H12IN3. The highest BCUT2D eigenvalue weighted by Gasteiger charge is 2.16. The number of aryl methyl sites for hydroxylation is 1. The quantitative estimate of drug-likeness (QED) is 0.758. The van der Waals surface area contributed by atoms with Crippen LogP contribution in [0.5, 0.6) is 0 Å². The zero-order chi connectivity index (χ0) is 8.55. The molecule has 1 aromatic rings. The highest BCUT2D eigenvalue weighted by molar-refractivity contribution is 14.1. The average molecular weight is 277 g/mol. The Labute approximate surface area is 85.9 Å². The van der Waals surface area contributed by atoms with Crippen LogP contribution in [0.4, 0.5) is 0 Å². The maximum absolute atomic E-state index is 4.21. The molecule has 2 heterocycles. The minimum absolute atomic E-state index is 1.06. The van der Waals surface area contributed by atoms with Crippen molar-refractivity contribution in [2.24, 2.45) is 7.05 Å². The normalized spacial score (nSPS) is 17.8. The molecule has 12 heavy (non-hydrogen) atoms. The largest absolute Gasteiger partial charge is 0.297 e. The van der Waals surface area contributed by atoms with Gasteiger partial charge in [0.1, 0.15) is 0 Å². The summed E-state index contributed by atoms with van der Waals surface area (Å²) in [5.41, 5.74) is 1.34. The third-order valence-corrected chi connectivity index (χ3v) is 3.23. The van der Waals surface area contributed by atoms with Gasteiger partial charge >= 0.3 is 0 Å². The Morgan fingerprint density at radius 3 is 2.75 bits per heavy atom. The number of hydrogen-bond donors (Lipinski definition) is 0. The van der Waals surface area contributed by atoms with Crippen LogP contribution in [0, 0.1) is 3.57 Å². The maximum Gasteiger partial charge on any atom is 0.0654 e. The van der Waals surface area contributed by atoms with Crippen molar-refractivity contribution in [3.63, 3.8) is 0 Å². The van der Waals surface area contributed by atoms with Crippen LogP contribution in [0.15, 0.2) is 6.20 Å². The molecule has 66 valence electrons. The highest BCUT2D eigenvalue weighted by atomic mass is 127. The molecule has 0 aromatic carbocycles. The van der Waals surface area contributed by atoms with E-state index in [-0.39, 0.29) is 0 Å². The first kappa shape index (κ1) is 8.50. The number of aromatic nitrogens is 2. The summed E-state index contributed by atoms with van der Waals surface area (Å²) in [5.74, 6) is 0. The lowest BCUT2D eigenvalue weighted by atomic mass is 10.2. The van der Waals surface area contributed by atoms with Crippen LogP contribution in [0.1, 0.15) is 12.1 Å². The summed E-state index contributed by atoms with van der Waals surface area (Å²) >= 11 is 2.34. The Morgan fingerprint density at radius 2 is 2.33 bits per heavy atom. The van der Waals surface area contributed by atoms with Gasteiger partial charge in [-0.15, -0.1) is 0 Å². The molecule has 4 heteroatoms. The molecular weight excluding hydrogens is 265 g/mol. The second-order valence-electron chi connectivity index (χ2n) is 3.19. The van der Waals surface area contributed by atoms with Crippen molar-refractivity contribution < 1.29 is 0 Å². The average Bonchev–Trinajstić information content (AvgIpc) is 2.25. The van der Waals surface area contributed by atoms with Gasteiger partial charge in [0.05, 0.1) is 15.5 Å². The van der Waals surface area contributed by atoms with E-state index in [1.807, 2.05) is 17.9 Å². The Kier molecular flexibility index (Phi) is 2.36. The zero-order valence-corrected chi connectivity index (χ0v) is 9.28. The van der Waals surface area contributed by atoms with Crippen LogP contribution in [-0.2, 0) is 13.6 Å². The molecule has 1 saturated heterocycles. The Bertz CT molecular complexity index is 258. The fourth-order valence-corrected chi connectivity index (χ4v) is 2.01. The van der Waals surface area contributed by atoms with Gasteiger partial charge in [-0.2, -0.15) is 5.10 Å². The van der Waals surface area contributed by atoms with Gasteiger partial charge in [-0.1, -0.05) is 0 Å². The standard InChI is InChI=1S/C8H12IN3/c1-11-8(7(9)5-10-11)6-12-3-2-4-12/h5H,2-4,6H2,1H3. The van der Waals surface area contributed by atoms with Crippen LogP contribution in [0.25, 0.3) is 0 Å². The van der Waals surface area contributed by atoms with Crippen molar-refractivity contribution in [1.82, 2.24) is 14.7 Å². The Balaban J connectivity index is 2.10. The van der Waals surface area contributed by atoms with Crippen molar-refractivity contribution in [1.29, 1.82) is 0 Å². The molecule has 0 spiro atoms. The second-order valence-corrected chi connectivity index (χ2v) is 4.35. The first-order valence-electron chi connectivity index (χ1n) is 4.16. The van der Waals surface area contributed by atoms with E-state index in [0.717, 1.165) is 6.54 Å². The van der Waals surface area contributed by atoms with Gasteiger partial charge in [0.25, 0.3) is 0 Å². The smallest absolute Gasteiger partial charge is 0.0654 e. The molecule has 0 atom stereocenters. The van der Waals surface area contributed by atoms with Crippen molar-refractivity contribution in [2.75, 3.05) is 13.1 Å². The summed E-state index contributed by atoms with van der Waals surface area (Å²) in [4.78, 5) is 2.44. The molecule has 2 rings (SSSR count). The third-order valence-electron chi connectivity index (χ3n) is 2.33. The van der Waals surface area contributed by atoms with Crippen LogP contribution in [0.2, 0.25) is 0 Å². The van der Waals surface area contributed by atoms with E-state index in [1.165, 1.54) is 28.8 Å². The van der Waals surface area contributed by atoms with Gasteiger partial charge in [-0.05, 0) is 42.1 Å². The first-order valence-corrected chi connectivity index (χ1v) is 5.24. The van der Waals surface area contributed by atoms with Crippen molar-refractivity contribution in [3.05, 3.63) is 15.5 Å². The predicted molar refractivity (Wildman–Crippen MR) is 55.8 cm³/mol. The van der Waals surface area contributed by atoms with E-state index in [9.17, 15) is 0 Å². The molecule has 0 radical (unpaired) electrons. The first-order chi connectivity index (χ1) is 5.77. The minimum Gasteiger partial charge on any atom is -0.297 e. The number of rotatable bonds is 2. The molecule has 0 bridgehead atoms. The third kappa shape index (κ3) is 1.50. The van der Waals surface area contributed by atoms with Crippen molar-refractivity contribution in [3.8, 4) is 0 Å². The summed E-state index contributed by atoms with van der Waals surface area (Å²) in [6, 6.07) is 0. The van der Waals surface area contributed by atoms with Crippen LogP contribution < -0.4 is 0 Å². The van der Waals surface area contributed by atoms with Gasteiger partial charge in [0.2, 0.25) is 0 Å². The maximum atomic E-state index is 4.21. The lowest BCUT2D eigenvalue weighted by molar-refractivity contribution is 0.168. The van der Waals surface area contributed by atoms with Gasteiger partial charge in [0.15, 0.2) is 0 Å². The molecule has 0 aliphatic carbocycles. The fraction of sp³-hybridized carbons (Fsp3) is 0.625. The summed E-state index contributed by atoms with van der Waals surface area (Å²) in [6.07, 6.45) is 3.28. The summed E-state index contributed by atoms with van der Waals surface area (Å²) in [5, 5.41) is 4.21. The minimum atomic E-state index is 1.06. The van der Waals surface area contributed by atoms with E-state index >= 15 is 0 Å². The highest BCUT2D eigenvalue weighted by Crippen LogP contribution is 2.16. The van der Waals surface area contributed by atoms with Gasteiger partial charge in [-0.25, -0.2) is 0 Å². The van der Waals surface area contributed by atoms with E-state index in [2.05, 4.69) is 32.6 Å². The summed E-state index contributed by atoms with van der Waals surface area (Å²) in [6.45, 7) is 3.57. The number of likely N-dealkylation sites (tertiary alicyclic amines) is 1. The lowest BCUT2D eigenvalue weighted by Crippen LogP contribution is -2.37. The zero-order valence-electron chi connectivity index (χ0n) is 7.13. The van der Waals surface area contributed by atoms with Crippen molar-refractivity contribution in [2.45, 2.75) is 13.0 Å².